The molecule has 3 heteroatoms. The lowest BCUT2D eigenvalue weighted by Gasteiger charge is -2.09. The molecule has 0 aliphatic carbocycles. The first-order valence-corrected chi connectivity index (χ1v) is 4.91. The van der Waals surface area contributed by atoms with Gasteiger partial charge in [0.05, 0.1) is 5.02 Å². The number of halogens is 2. The normalized spacial score (nSPS) is 12.6. The number of benzene rings is 1. The van der Waals surface area contributed by atoms with Gasteiger partial charge in [-0.2, -0.15) is 0 Å². The average molecular weight is 215 g/mol. The van der Waals surface area contributed by atoms with Gasteiger partial charge in [-0.25, -0.2) is 4.39 Å². The van der Waals surface area contributed by atoms with Gasteiger partial charge in [0.1, 0.15) is 11.6 Å². The first-order chi connectivity index (χ1) is 6.56. The van der Waals surface area contributed by atoms with Crippen molar-refractivity contribution in [2.45, 2.75) is 26.2 Å². The number of hydrogen-bond donors (Lipinski definition) is 0. The van der Waals surface area contributed by atoms with E-state index in [-0.39, 0.29) is 16.7 Å². The van der Waals surface area contributed by atoms with Gasteiger partial charge in [-0.15, -0.1) is 0 Å². The van der Waals surface area contributed by atoms with Crippen molar-refractivity contribution in [3.63, 3.8) is 0 Å². The van der Waals surface area contributed by atoms with E-state index >= 15 is 0 Å². The standard InChI is InChI=1S/C11H12ClFO/c1-3-11(14)7(2)8-4-5-10(13)9(12)6-8/h4-7H,3H2,1-2H3. The highest BCUT2D eigenvalue weighted by Crippen LogP contribution is 2.23. The molecule has 0 radical (unpaired) electrons. The number of carbonyl (C=O) groups is 1. The van der Waals surface area contributed by atoms with Gasteiger partial charge >= 0.3 is 0 Å². The molecule has 1 rings (SSSR count). The minimum absolute atomic E-state index is 0.0678. The third-order valence-corrected chi connectivity index (χ3v) is 2.56. The first kappa shape index (κ1) is 11.2. The largest absolute Gasteiger partial charge is 0.299 e. The van der Waals surface area contributed by atoms with Crippen molar-refractivity contribution in [3.05, 3.63) is 34.6 Å². The quantitative estimate of drug-likeness (QED) is 0.752. The summed E-state index contributed by atoms with van der Waals surface area (Å²) in [6.45, 7) is 3.61. The van der Waals surface area contributed by atoms with Gasteiger partial charge in [-0.1, -0.05) is 31.5 Å². The molecule has 0 fully saturated rings. The van der Waals surface area contributed by atoms with Crippen LogP contribution in [0.25, 0.3) is 0 Å². The Bertz CT molecular complexity index is 349. The summed E-state index contributed by atoms with van der Waals surface area (Å²) in [5.74, 6) is -0.530. The summed E-state index contributed by atoms with van der Waals surface area (Å²) in [7, 11) is 0. The second kappa shape index (κ2) is 4.56. The third kappa shape index (κ3) is 2.32. The molecule has 1 unspecified atom stereocenters. The SMILES string of the molecule is CCC(=O)C(C)c1ccc(F)c(Cl)c1. The zero-order valence-corrected chi connectivity index (χ0v) is 8.94. The number of carbonyl (C=O) groups excluding carboxylic acids is 1. The lowest BCUT2D eigenvalue weighted by molar-refractivity contribution is -0.119. The van der Waals surface area contributed by atoms with Gasteiger partial charge in [-0.3, -0.25) is 4.79 Å². The molecule has 1 aromatic carbocycles. The zero-order chi connectivity index (χ0) is 10.7. The Hall–Kier alpha value is -0.890. The van der Waals surface area contributed by atoms with Crippen molar-refractivity contribution in [3.8, 4) is 0 Å². The van der Waals surface area contributed by atoms with E-state index in [1.165, 1.54) is 12.1 Å². The van der Waals surface area contributed by atoms with Crippen LogP contribution in [0.2, 0.25) is 5.02 Å². The van der Waals surface area contributed by atoms with E-state index in [1.54, 1.807) is 13.0 Å². The molecule has 0 aliphatic rings. The molecule has 1 atom stereocenters. The van der Waals surface area contributed by atoms with Crippen LogP contribution in [-0.2, 0) is 4.79 Å². The van der Waals surface area contributed by atoms with Gasteiger partial charge < -0.3 is 0 Å². The van der Waals surface area contributed by atoms with Crippen molar-refractivity contribution < 1.29 is 9.18 Å². The molecule has 0 saturated carbocycles. The summed E-state index contributed by atoms with van der Waals surface area (Å²) >= 11 is 5.62. The summed E-state index contributed by atoms with van der Waals surface area (Å²) in [5, 5.41) is 0.0678. The van der Waals surface area contributed by atoms with Crippen LogP contribution < -0.4 is 0 Å². The summed E-state index contributed by atoms with van der Waals surface area (Å²) in [6, 6.07) is 4.39. The Morgan fingerprint density at radius 2 is 2.21 bits per heavy atom. The van der Waals surface area contributed by atoms with Gasteiger partial charge in [0.15, 0.2) is 0 Å². The lowest BCUT2D eigenvalue weighted by Crippen LogP contribution is -2.07. The fourth-order valence-electron chi connectivity index (χ4n) is 1.27. The van der Waals surface area contributed by atoms with Gasteiger partial charge in [0.2, 0.25) is 0 Å². The fourth-order valence-corrected chi connectivity index (χ4v) is 1.46. The van der Waals surface area contributed by atoms with Crippen molar-refractivity contribution in [2.24, 2.45) is 0 Å². The van der Waals surface area contributed by atoms with Crippen LogP contribution in [0, 0.1) is 5.82 Å². The first-order valence-electron chi connectivity index (χ1n) is 4.54. The maximum absolute atomic E-state index is 12.8. The van der Waals surface area contributed by atoms with Crippen molar-refractivity contribution in [1.82, 2.24) is 0 Å². The van der Waals surface area contributed by atoms with Crippen LogP contribution in [0.1, 0.15) is 31.7 Å². The van der Waals surface area contributed by atoms with E-state index in [9.17, 15) is 9.18 Å². The average Bonchev–Trinajstić information content (AvgIpc) is 2.20. The van der Waals surface area contributed by atoms with Gasteiger partial charge in [0.25, 0.3) is 0 Å². The summed E-state index contributed by atoms with van der Waals surface area (Å²) in [6.07, 6.45) is 0.482. The Morgan fingerprint density at radius 1 is 1.57 bits per heavy atom. The smallest absolute Gasteiger partial charge is 0.141 e. The molecule has 0 heterocycles. The number of rotatable bonds is 3. The van der Waals surface area contributed by atoms with Crippen molar-refractivity contribution >= 4 is 17.4 Å². The van der Waals surface area contributed by atoms with Crippen LogP contribution in [0.15, 0.2) is 18.2 Å². The molecule has 0 bridgehead atoms. The maximum atomic E-state index is 12.8. The van der Waals surface area contributed by atoms with E-state index in [2.05, 4.69) is 0 Å². The molecule has 0 aromatic heterocycles. The van der Waals surface area contributed by atoms with Crippen molar-refractivity contribution in [2.75, 3.05) is 0 Å². The molecular weight excluding hydrogens is 203 g/mol. The minimum atomic E-state index is -0.452. The molecule has 1 nitrogen and oxygen atoms in total. The molecule has 76 valence electrons. The van der Waals surface area contributed by atoms with Crippen LogP contribution in [0.5, 0.6) is 0 Å². The van der Waals surface area contributed by atoms with E-state index in [4.69, 9.17) is 11.6 Å². The molecule has 0 N–H and O–H groups in total. The number of Topliss-reactive ketones (excluding diaryl/α,β-unsaturated/α-hetero) is 1. The number of hydrogen-bond acceptors (Lipinski definition) is 1. The van der Waals surface area contributed by atoms with Crippen LogP contribution in [-0.4, -0.2) is 5.78 Å². The zero-order valence-electron chi connectivity index (χ0n) is 8.18. The van der Waals surface area contributed by atoms with Crippen LogP contribution in [0.4, 0.5) is 4.39 Å². The molecule has 0 aliphatic heterocycles. The summed E-state index contributed by atoms with van der Waals surface area (Å²) in [4.78, 5) is 11.4. The highest BCUT2D eigenvalue weighted by molar-refractivity contribution is 6.30. The molecule has 0 amide bonds. The van der Waals surface area contributed by atoms with E-state index < -0.39 is 5.82 Å². The second-order valence-electron chi connectivity index (χ2n) is 3.22. The Kier molecular flexibility index (Phi) is 3.64. The van der Waals surface area contributed by atoms with Crippen LogP contribution in [0.3, 0.4) is 0 Å². The summed E-state index contributed by atoms with van der Waals surface area (Å²) in [5.41, 5.74) is 0.767. The predicted octanol–water partition coefficient (Wildman–Crippen LogP) is 3.56. The van der Waals surface area contributed by atoms with Gasteiger partial charge in [-0.05, 0) is 17.7 Å². The maximum Gasteiger partial charge on any atom is 0.141 e. The summed E-state index contributed by atoms with van der Waals surface area (Å²) < 4.78 is 12.8. The predicted molar refractivity (Wildman–Crippen MR) is 55.1 cm³/mol. The Balaban J connectivity index is 2.96. The fraction of sp³-hybridized carbons (Fsp3) is 0.364. The Morgan fingerprint density at radius 3 is 2.71 bits per heavy atom. The third-order valence-electron chi connectivity index (χ3n) is 2.28. The molecular formula is C11H12ClFO. The highest BCUT2D eigenvalue weighted by Gasteiger charge is 2.14. The van der Waals surface area contributed by atoms with Gasteiger partial charge in [0, 0.05) is 12.3 Å². The highest BCUT2D eigenvalue weighted by atomic mass is 35.5. The Labute approximate surface area is 87.9 Å². The van der Waals surface area contributed by atoms with Crippen molar-refractivity contribution in [1.29, 1.82) is 0 Å². The lowest BCUT2D eigenvalue weighted by atomic mass is 9.95. The monoisotopic (exact) mass is 214 g/mol. The van der Waals surface area contributed by atoms with Crippen LogP contribution >= 0.6 is 11.6 Å². The topological polar surface area (TPSA) is 17.1 Å². The molecule has 14 heavy (non-hydrogen) atoms. The van der Waals surface area contributed by atoms with E-state index in [1.807, 2.05) is 6.92 Å². The van der Waals surface area contributed by atoms with E-state index in [0.29, 0.717) is 6.42 Å². The molecule has 1 aromatic rings. The molecule has 0 spiro atoms. The second-order valence-corrected chi connectivity index (χ2v) is 3.62. The minimum Gasteiger partial charge on any atom is -0.299 e. The number of ketones is 1. The van der Waals surface area contributed by atoms with E-state index in [0.717, 1.165) is 5.56 Å². The molecule has 0 saturated heterocycles.